The minimum absolute atomic E-state index is 0.143. The van der Waals surface area contributed by atoms with E-state index in [-0.39, 0.29) is 11.8 Å². The SMILES string of the molecule is CC1Oc2ccc(NC(=O)c3ccc(Cl)c(Cl)c3)cc2N(C)C1=O. The number of carbonyl (C=O) groups excluding carboxylic acids is 2. The topological polar surface area (TPSA) is 58.6 Å². The Morgan fingerprint density at radius 1 is 1.17 bits per heavy atom. The molecule has 0 aromatic heterocycles. The van der Waals surface area contributed by atoms with Gasteiger partial charge in [-0.2, -0.15) is 0 Å². The average molecular weight is 365 g/mol. The van der Waals surface area contributed by atoms with Crippen LogP contribution in [0.2, 0.25) is 10.0 Å². The first-order valence-corrected chi connectivity index (χ1v) is 7.97. The maximum atomic E-state index is 12.3. The number of likely N-dealkylation sites (N-methyl/N-ethyl adjacent to an activating group) is 1. The van der Waals surface area contributed by atoms with Gasteiger partial charge < -0.3 is 15.0 Å². The Bertz CT molecular complexity index is 839. The second-order valence-corrected chi connectivity index (χ2v) is 6.24. The van der Waals surface area contributed by atoms with Crippen molar-refractivity contribution in [3.63, 3.8) is 0 Å². The summed E-state index contributed by atoms with van der Waals surface area (Å²) in [5.74, 6) is 0.125. The number of carbonyl (C=O) groups is 2. The molecule has 0 spiro atoms. The molecular weight excluding hydrogens is 351 g/mol. The van der Waals surface area contributed by atoms with Crippen LogP contribution in [0.4, 0.5) is 11.4 Å². The second-order valence-electron chi connectivity index (χ2n) is 5.42. The molecule has 0 aliphatic carbocycles. The molecule has 1 N–H and O–H groups in total. The Morgan fingerprint density at radius 2 is 1.92 bits per heavy atom. The third-order valence-electron chi connectivity index (χ3n) is 3.74. The smallest absolute Gasteiger partial charge is 0.267 e. The molecule has 2 aromatic carbocycles. The summed E-state index contributed by atoms with van der Waals surface area (Å²) in [6.07, 6.45) is -0.529. The molecule has 3 rings (SSSR count). The van der Waals surface area contributed by atoms with Gasteiger partial charge in [-0.1, -0.05) is 23.2 Å². The highest BCUT2D eigenvalue weighted by atomic mass is 35.5. The van der Waals surface area contributed by atoms with Gasteiger partial charge in [-0.15, -0.1) is 0 Å². The van der Waals surface area contributed by atoms with Crippen molar-refractivity contribution in [2.45, 2.75) is 13.0 Å². The summed E-state index contributed by atoms with van der Waals surface area (Å²) in [4.78, 5) is 25.8. The molecule has 1 aliphatic heterocycles. The van der Waals surface area contributed by atoms with Crippen molar-refractivity contribution >= 4 is 46.4 Å². The molecule has 1 atom stereocenters. The summed E-state index contributed by atoms with van der Waals surface area (Å²) in [7, 11) is 1.67. The van der Waals surface area contributed by atoms with E-state index in [1.165, 1.54) is 11.0 Å². The first-order valence-electron chi connectivity index (χ1n) is 7.21. The Hall–Kier alpha value is -2.24. The first-order chi connectivity index (χ1) is 11.4. The quantitative estimate of drug-likeness (QED) is 0.876. The van der Waals surface area contributed by atoms with Crippen molar-refractivity contribution in [2.75, 3.05) is 17.3 Å². The molecule has 0 saturated heterocycles. The monoisotopic (exact) mass is 364 g/mol. The fourth-order valence-electron chi connectivity index (χ4n) is 2.43. The Kier molecular flexibility index (Phi) is 4.39. The molecule has 1 unspecified atom stereocenters. The Labute approximate surface area is 149 Å². The zero-order valence-corrected chi connectivity index (χ0v) is 14.5. The van der Waals surface area contributed by atoms with Crippen molar-refractivity contribution < 1.29 is 14.3 Å². The lowest BCUT2D eigenvalue weighted by Crippen LogP contribution is -2.41. The number of amides is 2. The molecule has 0 fully saturated rings. The average Bonchev–Trinajstić information content (AvgIpc) is 2.56. The number of hydrogen-bond acceptors (Lipinski definition) is 3. The summed E-state index contributed by atoms with van der Waals surface area (Å²) in [6, 6.07) is 9.77. The van der Waals surface area contributed by atoms with E-state index in [1.807, 2.05) is 0 Å². The summed E-state index contributed by atoms with van der Waals surface area (Å²) in [6.45, 7) is 1.70. The molecule has 124 valence electrons. The minimum atomic E-state index is -0.529. The van der Waals surface area contributed by atoms with E-state index < -0.39 is 6.10 Å². The van der Waals surface area contributed by atoms with Gasteiger partial charge in [-0.05, 0) is 43.3 Å². The highest BCUT2D eigenvalue weighted by Gasteiger charge is 2.29. The number of rotatable bonds is 2. The first kappa shape index (κ1) is 16.6. The van der Waals surface area contributed by atoms with Gasteiger partial charge in [-0.3, -0.25) is 9.59 Å². The molecule has 2 amide bonds. The zero-order chi connectivity index (χ0) is 17.4. The lowest BCUT2D eigenvalue weighted by Gasteiger charge is -2.30. The number of nitrogens with one attached hydrogen (secondary N) is 1. The van der Waals surface area contributed by atoms with Gasteiger partial charge in [0.15, 0.2) is 6.10 Å². The lowest BCUT2D eigenvalue weighted by atomic mass is 10.1. The van der Waals surface area contributed by atoms with E-state index >= 15 is 0 Å². The van der Waals surface area contributed by atoms with E-state index in [0.29, 0.717) is 32.7 Å². The van der Waals surface area contributed by atoms with Crippen LogP contribution in [0.15, 0.2) is 36.4 Å². The van der Waals surface area contributed by atoms with Crippen LogP contribution < -0.4 is 15.0 Å². The molecular formula is C17H14Cl2N2O3. The number of hydrogen-bond donors (Lipinski definition) is 1. The van der Waals surface area contributed by atoms with Crippen molar-refractivity contribution in [1.82, 2.24) is 0 Å². The highest BCUT2D eigenvalue weighted by Crippen LogP contribution is 2.35. The number of ether oxygens (including phenoxy) is 1. The van der Waals surface area contributed by atoms with Gasteiger partial charge in [0, 0.05) is 18.3 Å². The summed E-state index contributed by atoms with van der Waals surface area (Å²) >= 11 is 11.8. The summed E-state index contributed by atoms with van der Waals surface area (Å²) in [5, 5.41) is 3.46. The van der Waals surface area contributed by atoms with Gasteiger partial charge >= 0.3 is 0 Å². The van der Waals surface area contributed by atoms with Crippen molar-refractivity contribution in [1.29, 1.82) is 0 Å². The molecule has 1 heterocycles. The van der Waals surface area contributed by atoms with Crippen LogP contribution in [0.5, 0.6) is 5.75 Å². The van der Waals surface area contributed by atoms with Gasteiger partial charge in [0.2, 0.25) is 0 Å². The summed E-state index contributed by atoms with van der Waals surface area (Å²) < 4.78 is 5.55. The third-order valence-corrected chi connectivity index (χ3v) is 4.48. The number of halogens is 2. The van der Waals surface area contributed by atoms with E-state index in [1.54, 1.807) is 44.3 Å². The van der Waals surface area contributed by atoms with Crippen LogP contribution in [-0.4, -0.2) is 25.0 Å². The molecule has 24 heavy (non-hydrogen) atoms. The Balaban J connectivity index is 1.85. The number of fused-ring (bicyclic) bond motifs is 1. The van der Waals surface area contributed by atoms with Gasteiger partial charge in [-0.25, -0.2) is 0 Å². The molecule has 5 nitrogen and oxygen atoms in total. The van der Waals surface area contributed by atoms with Crippen LogP contribution in [0.25, 0.3) is 0 Å². The second kappa shape index (κ2) is 6.34. The van der Waals surface area contributed by atoms with Crippen molar-refractivity contribution in [2.24, 2.45) is 0 Å². The van der Waals surface area contributed by atoms with Crippen molar-refractivity contribution in [3.8, 4) is 5.75 Å². The van der Waals surface area contributed by atoms with Gasteiger partial charge in [0.1, 0.15) is 5.75 Å². The lowest BCUT2D eigenvalue weighted by molar-refractivity contribution is -0.125. The normalized spacial score (nSPS) is 16.4. The van der Waals surface area contributed by atoms with Crippen LogP contribution in [0.1, 0.15) is 17.3 Å². The predicted octanol–water partition coefficient (Wildman–Crippen LogP) is 3.99. The molecule has 2 aromatic rings. The van der Waals surface area contributed by atoms with E-state index in [0.717, 1.165) is 0 Å². The number of nitrogens with zero attached hydrogens (tertiary/aromatic N) is 1. The van der Waals surface area contributed by atoms with Crippen LogP contribution in [0, 0.1) is 0 Å². The molecule has 0 radical (unpaired) electrons. The van der Waals surface area contributed by atoms with Crippen LogP contribution >= 0.6 is 23.2 Å². The molecule has 0 bridgehead atoms. The standard InChI is InChI=1S/C17H14Cl2N2O3/c1-9-17(23)21(2)14-8-11(4-6-15(14)24-9)20-16(22)10-3-5-12(18)13(19)7-10/h3-9H,1-2H3,(H,20,22). The van der Waals surface area contributed by atoms with E-state index in [4.69, 9.17) is 27.9 Å². The Morgan fingerprint density at radius 3 is 2.62 bits per heavy atom. The van der Waals surface area contributed by atoms with E-state index in [9.17, 15) is 9.59 Å². The van der Waals surface area contributed by atoms with Gasteiger partial charge in [0.25, 0.3) is 11.8 Å². The fraction of sp³-hybridized carbons (Fsp3) is 0.176. The highest BCUT2D eigenvalue weighted by molar-refractivity contribution is 6.42. The molecule has 0 saturated carbocycles. The van der Waals surface area contributed by atoms with Crippen LogP contribution in [-0.2, 0) is 4.79 Å². The molecule has 1 aliphatic rings. The molecule has 7 heteroatoms. The van der Waals surface area contributed by atoms with Crippen LogP contribution in [0.3, 0.4) is 0 Å². The minimum Gasteiger partial charge on any atom is -0.479 e. The number of anilines is 2. The number of benzene rings is 2. The fourth-order valence-corrected chi connectivity index (χ4v) is 2.73. The van der Waals surface area contributed by atoms with Gasteiger partial charge in [0.05, 0.1) is 15.7 Å². The summed E-state index contributed by atoms with van der Waals surface area (Å²) in [5.41, 5.74) is 1.53. The maximum absolute atomic E-state index is 12.3. The predicted molar refractivity (Wildman–Crippen MR) is 94.4 cm³/mol. The van der Waals surface area contributed by atoms with E-state index in [2.05, 4.69) is 5.32 Å². The maximum Gasteiger partial charge on any atom is 0.267 e. The zero-order valence-electron chi connectivity index (χ0n) is 13.0. The largest absolute Gasteiger partial charge is 0.479 e. The third kappa shape index (κ3) is 3.05. The van der Waals surface area contributed by atoms with Crippen molar-refractivity contribution in [3.05, 3.63) is 52.0 Å².